The van der Waals surface area contributed by atoms with Crippen molar-refractivity contribution >= 4 is 44.5 Å². The van der Waals surface area contributed by atoms with Crippen LogP contribution in [0.15, 0.2) is 50.0 Å². The highest BCUT2D eigenvalue weighted by molar-refractivity contribution is 6.31. The second-order valence-corrected chi connectivity index (χ2v) is 5.13. The Morgan fingerprint density at radius 1 is 1.00 bits per heavy atom. The number of rotatable bonds is 1. The molecule has 0 saturated heterocycles. The summed E-state index contributed by atoms with van der Waals surface area (Å²) in [7, 11) is 1.57. The molecule has 0 radical (unpaired) electrons. The second-order valence-electron chi connectivity index (χ2n) is 4.70. The second kappa shape index (κ2) is 4.27. The van der Waals surface area contributed by atoms with E-state index in [1.807, 2.05) is 0 Å². The number of hydrogen-bond donors (Lipinski definition) is 0. The van der Waals surface area contributed by atoms with Crippen molar-refractivity contribution in [2.24, 2.45) is 0 Å². The number of benzene rings is 2. The lowest BCUT2D eigenvalue weighted by Gasteiger charge is -1.98. The normalized spacial score (nSPS) is 11.5. The molecule has 0 atom stereocenters. The first-order chi connectivity index (χ1) is 10.2. The fraction of sp³-hybridized carbons (Fsp3) is 0.0625. The molecule has 0 aliphatic rings. The van der Waals surface area contributed by atoms with Crippen LogP contribution in [-0.4, -0.2) is 7.11 Å². The lowest BCUT2D eigenvalue weighted by molar-refractivity contribution is 0.415. The maximum atomic E-state index is 12.3. The summed E-state index contributed by atoms with van der Waals surface area (Å²) in [5.41, 5.74) is 1.09. The van der Waals surface area contributed by atoms with E-state index in [0.29, 0.717) is 43.7 Å². The van der Waals surface area contributed by atoms with E-state index in [1.54, 1.807) is 43.5 Å². The van der Waals surface area contributed by atoms with E-state index in [2.05, 4.69) is 0 Å². The molecule has 4 nitrogen and oxygen atoms in total. The standard InChI is InChI=1S/C16H9ClO4/c1-19-9-3-5-12-10(7-9)14-15(20-12)11-6-8(17)2-4-13(11)21-16(14)18/h2-7H,1H3. The summed E-state index contributed by atoms with van der Waals surface area (Å²) in [5.74, 6) is 0.649. The van der Waals surface area contributed by atoms with E-state index >= 15 is 0 Å². The molecule has 2 aromatic carbocycles. The molecule has 4 rings (SSSR count). The number of furan rings is 1. The minimum absolute atomic E-state index is 0.402. The smallest absolute Gasteiger partial charge is 0.348 e. The highest BCUT2D eigenvalue weighted by atomic mass is 35.5. The van der Waals surface area contributed by atoms with E-state index in [1.165, 1.54) is 0 Å². The van der Waals surface area contributed by atoms with E-state index in [0.717, 1.165) is 0 Å². The van der Waals surface area contributed by atoms with Crippen LogP contribution in [0.1, 0.15) is 0 Å². The quantitative estimate of drug-likeness (QED) is 0.490. The Bertz CT molecular complexity index is 1060. The van der Waals surface area contributed by atoms with Gasteiger partial charge in [-0.25, -0.2) is 4.79 Å². The maximum absolute atomic E-state index is 12.3. The molecule has 2 aromatic heterocycles. The summed E-state index contributed by atoms with van der Waals surface area (Å²) in [6, 6.07) is 10.4. The van der Waals surface area contributed by atoms with Crippen LogP contribution in [-0.2, 0) is 0 Å². The summed E-state index contributed by atoms with van der Waals surface area (Å²) in [5, 5.41) is 2.29. The number of hydrogen-bond acceptors (Lipinski definition) is 4. The van der Waals surface area contributed by atoms with Gasteiger partial charge in [0.1, 0.15) is 22.3 Å². The largest absolute Gasteiger partial charge is 0.497 e. The van der Waals surface area contributed by atoms with Crippen molar-refractivity contribution in [3.8, 4) is 5.75 Å². The third kappa shape index (κ3) is 1.73. The monoisotopic (exact) mass is 300 g/mol. The summed E-state index contributed by atoms with van der Waals surface area (Å²) < 4.78 is 16.4. The zero-order chi connectivity index (χ0) is 14.6. The Morgan fingerprint density at radius 3 is 2.57 bits per heavy atom. The third-order valence-electron chi connectivity index (χ3n) is 3.49. The molecule has 21 heavy (non-hydrogen) atoms. The van der Waals surface area contributed by atoms with Crippen molar-refractivity contribution in [1.29, 1.82) is 0 Å². The van der Waals surface area contributed by atoms with E-state index in [-0.39, 0.29) is 0 Å². The summed E-state index contributed by atoms with van der Waals surface area (Å²) in [6.07, 6.45) is 0. The average Bonchev–Trinajstić information content (AvgIpc) is 2.87. The van der Waals surface area contributed by atoms with Crippen molar-refractivity contribution in [1.82, 2.24) is 0 Å². The van der Waals surface area contributed by atoms with Crippen molar-refractivity contribution in [2.45, 2.75) is 0 Å². The summed E-state index contributed by atoms with van der Waals surface area (Å²) in [6.45, 7) is 0. The fourth-order valence-corrected chi connectivity index (χ4v) is 2.69. The number of methoxy groups -OCH3 is 1. The molecule has 5 heteroatoms. The molecule has 0 N–H and O–H groups in total. The Balaban J connectivity index is 2.28. The van der Waals surface area contributed by atoms with Gasteiger partial charge in [0.05, 0.1) is 12.5 Å². The first-order valence-electron chi connectivity index (χ1n) is 6.30. The molecule has 4 aromatic rings. The predicted octanol–water partition coefficient (Wildman–Crippen LogP) is 4.35. The van der Waals surface area contributed by atoms with Crippen molar-refractivity contribution in [3.05, 3.63) is 51.8 Å². The maximum Gasteiger partial charge on any atom is 0.348 e. The van der Waals surface area contributed by atoms with Gasteiger partial charge in [0.25, 0.3) is 0 Å². The van der Waals surface area contributed by atoms with E-state index in [9.17, 15) is 4.79 Å². The van der Waals surface area contributed by atoms with Crippen molar-refractivity contribution in [3.63, 3.8) is 0 Å². The topological polar surface area (TPSA) is 52.6 Å². The van der Waals surface area contributed by atoms with Gasteiger partial charge in [0, 0.05) is 10.4 Å². The molecular weight excluding hydrogens is 292 g/mol. The molecule has 0 unspecified atom stereocenters. The summed E-state index contributed by atoms with van der Waals surface area (Å²) >= 11 is 6.02. The number of fused-ring (bicyclic) bond motifs is 5. The third-order valence-corrected chi connectivity index (χ3v) is 3.72. The van der Waals surface area contributed by atoms with Gasteiger partial charge < -0.3 is 13.6 Å². The van der Waals surface area contributed by atoms with Gasteiger partial charge in [-0.15, -0.1) is 0 Å². The molecule has 0 aliphatic carbocycles. The van der Waals surface area contributed by atoms with Gasteiger partial charge >= 0.3 is 5.63 Å². The highest BCUT2D eigenvalue weighted by Gasteiger charge is 2.16. The van der Waals surface area contributed by atoms with Crippen LogP contribution < -0.4 is 10.4 Å². The van der Waals surface area contributed by atoms with E-state index < -0.39 is 5.63 Å². The molecule has 0 saturated carbocycles. The van der Waals surface area contributed by atoms with Crippen LogP contribution in [0.25, 0.3) is 32.9 Å². The molecular formula is C16H9ClO4. The Morgan fingerprint density at radius 2 is 1.76 bits per heavy atom. The fourth-order valence-electron chi connectivity index (χ4n) is 2.52. The predicted molar refractivity (Wildman–Crippen MR) is 81.3 cm³/mol. The van der Waals surface area contributed by atoms with Gasteiger partial charge in [-0.05, 0) is 36.4 Å². The van der Waals surface area contributed by atoms with E-state index in [4.69, 9.17) is 25.2 Å². The van der Waals surface area contributed by atoms with Gasteiger partial charge in [-0.3, -0.25) is 0 Å². The molecule has 104 valence electrons. The van der Waals surface area contributed by atoms with Crippen LogP contribution >= 0.6 is 11.6 Å². The van der Waals surface area contributed by atoms with Crippen molar-refractivity contribution in [2.75, 3.05) is 7.11 Å². The Kier molecular flexibility index (Phi) is 2.50. The van der Waals surface area contributed by atoms with Crippen molar-refractivity contribution < 1.29 is 13.6 Å². The summed E-state index contributed by atoms with van der Waals surface area (Å²) in [4.78, 5) is 12.3. The highest BCUT2D eigenvalue weighted by Crippen LogP contribution is 2.34. The zero-order valence-electron chi connectivity index (χ0n) is 11.0. The molecule has 2 heterocycles. The molecule has 0 fully saturated rings. The van der Waals surface area contributed by atoms with Gasteiger partial charge in [-0.1, -0.05) is 11.6 Å². The number of ether oxygens (including phenoxy) is 1. The minimum Gasteiger partial charge on any atom is -0.497 e. The molecule has 0 amide bonds. The minimum atomic E-state index is -0.438. The van der Waals surface area contributed by atoms with Crippen LogP contribution in [0, 0.1) is 0 Å². The van der Waals surface area contributed by atoms with Gasteiger partial charge in [-0.2, -0.15) is 0 Å². The molecule has 0 spiro atoms. The lowest BCUT2D eigenvalue weighted by atomic mass is 10.1. The first kappa shape index (κ1) is 12.3. The number of halogens is 1. The van der Waals surface area contributed by atoms with Gasteiger partial charge in [0.2, 0.25) is 0 Å². The lowest BCUT2D eigenvalue weighted by Crippen LogP contribution is -1.98. The van der Waals surface area contributed by atoms with Gasteiger partial charge in [0.15, 0.2) is 5.58 Å². The van der Waals surface area contributed by atoms with Crippen LogP contribution in [0.2, 0.25) is 5.02 Å². The first-order valence-corrected chi connectivity index (χ1v) is 6.68. The Hall–Kier alpha value is -2.46. The van der Waals surface area contributed by atoms with Crippen LogP contribution in [0.4, 0.5) is 0 Å². The Labute approximate surface area is 123 Å². The zero-order valence-corrected chi connectivity index (χ0v) is 11.7. The SMILES string of the molecule is COc1ccc2oc3c4cc(Cl)ccc4oc(=O)c3c2c1. The van der Waals surface area contributed by atoms with Crippen LogP contribution in [0.5, 0.6) is 5.75 Å². The van der Waals surface area contributed by atoms with Crippen LogP contribution in [0.3, 0.4) is 0 Å². The molecule has 0 bridgehead atoms. The molecule has 0 aliphatic heterocycles. The average molecular weight is 301 g/mol.